The number of aromatic nitrogens is 2. The van der Waals surface area contributed by atoms with Crippen molar-refractivity contribution in [3.8, 4) is 16.9 Å². The number of ether oxygens (including phenoxy) is 1. The second kappa shape index (κ2) is 12.0. The molecular weight excluding hydrogens is 452 g/mol. The van der Waals surface area contributed by atoms with Crippen LogP contribution in [-0.2, 0) is 14.3 Å². The van der Waals surface area contributed by atoms with Gasteiger partial charge < -0.3 is 9.64 Å². The van der Waals surface area contributed by atoms with Crippen molar-refractivity contribution in [2.45, 2.75) is 45.4 Å². The van der Waals surface area contributed by atoms with E-state index in [0.29, 0.717) is 25.0 Å². The molecule has 1 aromatic heterocycles. The fourth-order valence-electron chi connectivity index (χ4n) is 4.67. The van der Waals surface area contributed by atoms with Crippen LogP contribution in [0.25, 0.3) is 16.9 Å². The zero-order valence-electron chi connectivity index (χ0n) is 21.4. The molecule has 1 fully saturated rings. The monoisotopic (exact) mass is 488 g/mol. The third-order valence-electron chi connectivity index (χ3n) is 6.78. The Labute approximate surface area is 213 Å². The van der Waals surface area contributed by atoms with Gasteiger partial charge in [0.15, 0.2) is 0 Å². The van der Waals surface area contributed by atoms with Crippen molar-refractivity contribution < 1.29 is 14.3 Å². The van der Waals surface area contributed by atoms with Gasteiger partial charge >= 0.3 is 0 Å². The van der Waals surface area contributed by atoms with E-state index in [1.165, 1.54) is 5.56 Å². The Morgan fingerprint density at radius 3 is 2.42 bits per heavy atom. The van der Waals surface area contributed by atoms with Crippen LogP contribution in [-0.4, -0.2) is 53.1 Å². The van der Waals surface area contributed by atoms with Crippen LogP contribution in [0, 0.1) is 5.92 Å². The largest absolute Gasteiger partial charge is 0.383 e. The van der Waals surface area contributed by atoms with E-state index in [2.05, 4.69) is 31.3 Å². The van der Waals surface area contributed by atoms with Crippen LogP contribution in [0.3, 0.4) is 0 Å². The number of hydrogen-bond donors (Lipinski definition) is 1. The summed E-state index contributed by atoms with van der Waals surface area (Å²) >= 11 is 0. The van der Waals surface area contributed by atoms with Gasteiger partial charge in [-0.2, -0.15) is 0 Å². The van der Waals surface area contributed by atoms with Crippen molar-refractivity contribution in [2.24, 2.45) is 5.92 Å². The van der Waals surface area contributed by atoms with Crippen molar-refractivity contribution in [3.05, 3.63) is 66.4 Å². The third kappa shape index (κ3) is 6.21. The highest BCUT2D eigenvalue weighted by molar-refractivity contribution is 5.94. The van der Waals surface area contributed by atoms with E-state index in [9.17, 15) is 9.59 Å². The lowest BCUT2D eigenvalue weighted by atomic mass is 10.0. The average Bonchev–Trinajstić information content (AvgIpc) is 3.57. The smallest absolute Gasteiger partial charge is 0.246 e. The van der Waals surface area contributed by atoms with E-state index in [1.807, 2.05) is 53.2 Å². The predicted octanol–water partition coefficient (Wildman–Crippen LogP) is 5.27. The Kier molecular flexibility index (Phi) is 8.54. The van der Waals surface area contributed by atoms with Crippen LogP contribution in [0.4, 0.5) is 5.95 Å². The number of anilines is 1. The number of carbonyl (C=O) groups is 2. The van der Waals surface area contributed by atoms with Crippen molar-refractivity contribution in [2.75, 3.05) is 32.1 Å². The van der Waals surface area contributed by atoms with Gasteiger partial charge in [0.05, 0.1) is 12.3 Å². The number of rotatable bonds is 10. The van der Waals surface area contributed by atoms with Crippen molar-refractivity contribution in [1.82, 2.24) is 14.5 Å². The Morgan fingerprint density at radius 1 is 1.08 bits per heavy atom. The summed E-state index contributed by atoms with van der Waals surface area (Å²) in [7, 11) is 1.60. The molecule has 0 unspecified atom stereocenters. The summed E-state index contributed by atoms with van der Waals surface area (Å²) in [4.78, 5) is 32.6. The molecule has 36 heavy (non-hydrogen) atoms. The molecule has 0 spiro atoms. The quantitative estimate of drug-likeness (QED) is 0.422. The Morgan fingerprint density at radius 2 is 1.78 bits per heavy atom. The van der Waals surface area contributed by atoms with Crippen LogP contribution >= 0.6 is 0 Å². The van der Waals surface area contributed by atoms with Gasteiger partial charge in [-0.3, -0.25) is 19.5 Å². The summed E-state index contributed by atoms with van der Waals surface area (Å²) in [6.45, 7) is 5.07. The van der Waals surface area contributed by atoms with E-state index < -0.39 is 0 Å². The minimum atomic E-state index is -0.275. The molecule has 7 nitrogen and oxygen atoms in total. The maximum atomic E-state index is 13.2. The molecule has 1 saturated carbocycles. The average molecular weight is 489 g/mol. The number of nitrogens with one attached hydrogen (secondary N) is 1. The summed E-state index contributed by atoms with van der Waals surface area (Å²) < 4.78 is 7.09. The zero-order valence-corrected chi connectivity index (χ0v) is 21.4. The van der Waals surface area contributed by atoms with Gasteiger partial charge in [-0.15, -0.1) is 0 Å². The molecule has 4 rings (SSSR count). The lowest BCUT2D eigenvalue weighted by Crippen LogP contribution is -2.42. The Hall–Kier alpha value is -3.45. The molecule has 190 valence electrons. The van der Waals surface area contributed by atoms with Gasteiger partial charge in [-0.25, -0.2) is 4.98 Å². The number of amides is 2. The first-order valence-electron chi connectivity index (χ1n) is 12.8. The molecule has 2 aromatic carbocycles. The SMILES string of the molecule is COCCN(CC(=O)Nc1nc(-c2ccccc2)cn1-c1ccc(C(C)C)cc1)C(=O)C1CCCC1. The van der Waals surface area contributed by atoms with Gasteiger partial charge in [0.1, 0.15) is 6.54 Å². The van der Waals surface area contributed by atoms with Crippen LogP contribution in [0.2, 0.25) is 0 Å². The molecule has 0 aliphatic heterocycles. The topological polar surface area (TPSA) is 76.5 Å². The minimum Gasteiger partial charge on any atom is -0.383 e. The maximum Gasteiger partial charge on any atom is 0.246 e. The number of nitrogens with zero attached hydrogens (tertiary/aromatic N) is 3. The number of methoxy groups -OCH3 is 1. The molecule has 0 saturated heterocycles. The van der Waals surface area contributed by atoms with Gasteiger partial charge in [0, 0.05) is 37.0 Å². The van der Waals surface area contributed by atoms with E-state index in [1.54, 1.807) is 12.0 Å². The second-order valence-corrected chi connectivity index (χ2v) is 9.71. The summed E-state index contributed by atoms with van der Waals surface area (Å²) in [6, 6.07) is 18.1. The van der Waals surface area contributed by atoms with Crippen molar-refractivity contribution in [1.29, 1.82) is 0 Å². The molecule has 0 atom stereocenters. The molecule has 3 aromatic rings. The molecule has 1 N–H and O–H groups in total. The minimum absolute atomic E-state index is 0.000738. The second-order valence-electron chi connectivity index (χ2n) is 9.71. The molecule has 2 amide bonds. The van der Waals surface area contributed by atoms with E-state index in [-0.39, 0.29) is 24.3 Å². The summed E-state index contributed by atoms with van der Waals surface area (Å²) in [5, 5.41) is 2.97. The fourth-order valence-corrected chi connectivity index (χ4v) is 4.67. The normalized spacial score (nSPS) is 13.8. The summed E-state index contributed by atoms with van der Waals surface area (Å²) in [5.74, 6) is 0.619. The number of hydrogen-bond acceptors (Lipinski definition) is 4. The summed E-state index contributed by atoms with van der Waals surface area (Å²) in [5.41, 5.74) is 3.87. The van der Waals surface area contributed by atoms with E-state index >= 15 is 0 Å². The van der Waals surface area contributed by atoms with Crippen LogP contribution < -0.4 is 5.32 Å². The number of imidazole rings is 1. The number of carbonyl (C=O) groups excluding carboxylic acids is 2. The van der Waals surface area contributed by atoms with Gasteiger partial charge in [0.25, 0.3) is 0 Å². The Balaban J connectivity index is 1.58. The molecule has 1 aliphatic rings. The molecule has 0 bridgehead atoms. The number of benzene rings is 2. The van der Waals surface area contributed by atoms with Gasteiger partial charge in [0.2, 0.25) is 17.8 Å². The molecular formula is C29H36N4O3. The van der Waals surface area contributed by atoms with E-state index in [4.69, 9.17) is 9.72 Å². The van der Waals surface area contributed by atoms with Crippen molar-refractivity contribution in [3.63, 3.8) is 0 Å². The Bertz CT molecular complexity index is 1150. The van der Waals surface area contributed by atoms with Crippen molar-refractivity contribution >= 4 is 17.8 Å². The maximum absolute atomic E-state index is 13.2. The molecule has 7 heteroatoms. The van der Waals surface area contributed by atoms with Gasteiger partial charge in [-0.1, -0.05) is 69.2 Å². The van der Waals surface area contributed by atoms with Crippen LogP contribution in [0.15, 0.2) is 60.8 Å². The molecule has 0 radical (unpaired) electrons. The highest BCUT2D eigenvalue weighted by atomic mass is 16.5. The van der Waals surface area contributed by atoms with Crippen LogP contribution in [0.5, 0.6) is 0 Å². The fraction of sp³-hybridized carbons (Fsp3) is 0.414. The van der Waals surface area contributed by atoms with E-state index in [0.717, 1.165) is 42.6 Å². The van der Waals surface area contributed by atoms with Crippen LogP contribution in [0.1, 0.15) is 51.0 Å². The lowest BCUT2D eigenvalue weighted by molar-refractivity contribution is -0.138. The molecule has 1 aliphatic carbocycles. The van der Waals surface area contributed by atoms with Gasteiger partial charge in [-0.05, 0) is 36.5 Å². The zero-order chi connectivity index (χ0) is 25.5. The predicted molar refractivity (Wildman–Crippen MR) is 142 cm³/mol. The first-order chi connectivity index (χ1) is 17.5. The highest BCUT2D eigenvalue weighted by Gasteiger charge is 2.28. The molecule has 1 heterocycles. The first kappa shape index (κ1) is 25.6. The lowest BCUT2D eigenvalue weighted by Gasteiger charge is -2.24. The summed E-state index contributed by atoms with van der Waals surface area (Å²) in [6.07, 6.45) is 5.84. The third-order valence-corrected chi connectivity index (χ3v) is 6.78. The highest BCUT2D eigenvalue weighted by Crippen LogP contribution is 2.27. The standard InChI is InChI=1S/C29H36N4O3/c1-21(2)22-13-15-25(16-14-22)33-19-26(23-9-5-4-6-10-23)30-29(33)31-27(34)20-32(17-18-36-3)28(35)24-11-7-8-12-24/h4-6,9-10,13-16,19,21,24H,7-8,11-12,17-18,20H2,1-3H3,(H,30,31,34). The first-order valence-corrected chi connectivity index (χ1v) is 12.8.